The molecule has 0 aliphatic heterocycles. The summed E-state index contributed by atoms with van der Waals surface area (Å²) in [5, 5.41) is 0. The van der Waals surface area contributed by atoms with Gasteiger partial charge in [-0.3, -0.25) is 0 Å². The van der Waals surface area contributed by atoms with E-state index in [0.29, 0.717) is 0 Å². The molecule has 0 heterocycles. The second-order valence-corrected chi connectivity index (χ2v) is 4.34. The van der Waals surface area contributed by atoms with Gasteiger partial charge in [0.15, 0.2) is 0 Å². The molecule has 2 aliphatic carbocycles. The maximum atomic E-state index is 6.33. The topological polar surface area (TPSA) is 52.0 Å². The lowest BCUT2D eigenvalue weighted by molar-refractivity contribution is 0.272. The molecule has 2 heteroatoms. The van der Waals surface area contributed by atoms with Gasteiger partial charge in [-0.2, -0.15) is 0 Å². The first-order valence-corrected chi connectivity index (χ1v) is 4.70. The van der Waals surface area contributed by atoms with Gasteiger partial charge in [-0.05, 0) is 44.4 Å². The highest BCUT2D eigenvalue weighted by Gasteiger charge is 2.53. The number of nitrogens with two attached hydrogens (primary N) is 2. The second-order valence-electron chi connectivity index (χ2n) is 4.34. The number of hydrogen-bond donors (Lipinski definition) is 2. The van der Waals surface area contributed by atoms with Gasteiger partial charge in [-0.25, -0.2) is 0 Å². The Bertz CT molecular complexity index is 139. The maximum absolute atomic E-state index is 6.33. The van der Waals surface area contributed by atoms with Crippen LogP contribution in [0.25, 0.3) is 0 Å². The molecule has 1 unspecified atom stereocenters. The van der Waals surface area contributed by atoms with Crippen LogP contribution in [0.2, 0.25) is 0 Å². The Morgan fingerprint density at radius 1 is 1.18 bits per heavy atom. The Balaban J connectivity index is 2.10. The van der Waals surface area contributed by atoms with Gasteiger partial charge in [0.1, 0.15) is 0 Å². The highest BCUT2D eigenvalue weighted by Crippen LogP contribution is 2.51. The van der Waals surface area contributed by atoms with Crippen LogP contribution >= 0.6 is 0 Å². The van der Waals surface area contributed by atoms with E-state index >= 15 is 0 Å². The molecule has 0 saturated heterocycles. The minimum absolute atomic E-state index is 0.000000000000000444. The summed E-state index contributed by atoms with van der Waals surface area (Å²) in [5.74, 6) is 1.49. The van der Waals surface area contributed by atoms with Crippen molar-refractivity contribution in [1.82, 2.24) is 0 Å². The fraction of sp³-hybridized carbons (Fsp3) is 1.00. The van der Waals surface area contributed by atoms with Crippen molar-refractivity contribution < 1.29 is 0 Å². The molecule has 64 valence electrons. The molecule has 0 aromatic carbocycles. The molecule has 2 saturated carbocycles. The molecule has 0 spiro atoms. The normalized spacial score (nSPS) is 28.6. The zero-order valence-electron chi connectivity index (χ0n) is 7.22. The SMILES string of the molecule is CC(N)C(N)(C1CC1)C1CC1. The van der Waals surface area contributed by atoms with Crippen LogP contribution in [0.15, 0.2) is 0 Å². The number of hydrogen-bond acceptors (Lipinski definition) is 2. The molecule has 4 N–H and O–H groups in total. The third kappa shape index (κ3) is 1.09. The highest BCUT2D eigenvalue weighted by atomic mass is 14.9. The summed E-state index contributed by atoms with van der Waals surface area (Å²) in [7, 11) is 0. The lowest BCUT2D eigenvalue weighted by atomic mass is 9.82. The summed E-state index contributed by atoms with van der Waals surface area (Å²) >= 11 is 0. The molecule has 0 bridgehead atoms. The van der Waals surface area contributed by atoms with Crippen LogP contribution in [-0.4, -0.2) is 11.6 Å². The third-order valence-corrected chi connectivity index (χ3v) is 3.36. The fourth-order valence-corrected chi connectivity index (χ4v) is 2.24. The minimum Gasteiger partial charge on any atom is -0.326 e. The van der Waals surface area contributed by atoms with Gasteiger partial charge in [0.05, 0.1) is 0 Å². The van der Waals surface area contributed by atoms with E-state index in [-0.39, 0.29) is 11.6 Å². The predicted molar refractivity (Wildman–Crippen MR) is 46.0 cm³/mol. The largest absolute Gasteiger partial charge is 0.326 e. The predicted octanol–water partition coefficient (Wildman–Crippen LogP) is 0.851. The minimum atomic E-state index is 0.000000000000000444. The first-order valence-electron chi connectivity index (χ1n) is 4.70. The van der Waals surface area contributed by atoms with Crippen molar-refractivity contribution in [2.24, 2.45) is 23.3 Å². The van der Waals surface area contributed by atoms with Crippen molar-refractivity contribution in [2.45, 2.75) is 44.2 Å². The quantitative estimate of drug-likeness (QED) is 0.633. The first-order chi connectivity index (χ1) is 5.15. The van der Waals surface area contributed by atoms with E-state index in [9.17, 15) is 0 Å². The van der Waals surface area contributed by atoms with Gasteiger partial charge in [-0.15, -0.1) is 0 Å². The van der Waals surface area contributed by atoms with Crippen molar-refractivity contribution in [3.8, 4) is 0 Å². The Morgan fingerprint density at radius 2 is 1.55 bits per heavy atom. The molecule has 0 aromatic heterocycles. The molecule has 2 nitrogen and oxygen atoms in total. The second kappa shape index (κ2) is 2.20. The lowest BCUT2D eigenvalue weighted by Gasteiger charge is -2.33. The van der Waals surface area contributed by atoms with Gasteiger partial charge in [0.25, 0.3) is 0 Å². The standard InChI is InChI=1S/C9H18N2/c1-6(10)9(11,7-2-3-7)8-4-5-8/h6-8H,2-5,10-11H2,1H3. The fourth-order valence-electron chi connectivity index (χ4n) is 2.24. The van der Waals surface area contributed by atoms with E-state index in [1.807, 2.05) is 0 Å². The van der Waals surface area contributed by atoms with Gasteiger partial charge in [0.2, 0.25) is 0 Å². The van der Waals surface area contributed by atoms with Crippen LogP contribution in [0.1, 0.15) is 32.6 Å². The summed E-state index contributed by atoms with van der Waals surface area (Å²) in [4.78, 5) is 0. The summed E-state index contributed by atoms with van der Waals surface area (Å²) < 4.78 is 0. The average Bonchev–Trinajstić information content (AvgIpc) is 2.79. The Hall–Kier alpha value is -0.0800. The Labute approximate surface area is 68.3 Å². The van der Waals surface area contributed by atoms with Gasteiger partial charge in [-0.1, -0.05) is 0 Å². The molecular formula is C9H18N2. The summed E-state index contributed by atoms with van der Waals surface area (Å²) in [6.45, 7) is 2.07. The lowest BCUT2D eigenvalue weighted by Crippen LogP contribution is -2.57. The molecule has 0 aromatic rings. The Morgan fingerprint density at radius 3 is 1.73 bits per heavy atom. The van der Waals surface area contributed by atoms with E-state index in [4.69, 9.17) is 11.5 Å². The third-order valence-electron chi connectivity index (χ3n) is 3.36. The van der Waals surface area contributed by atoms with Crippen LogP contribution in [0.4, 0.5) is 0 Å². The van der Waals surface area contributed by atoms with Crippen molar-refractivity contribution in [3.63, 3.8) is 0 Å². The van der Waals surface area contributed by atoms with Gasteiger partial charge in [0, 0.05) is 11.6 Å². The monoisotopic (exact) mass is 154 g/mol. The molecule has 2 aliphatic rings. The Kier molecular flexibility index (Phi) is 1.52. The zero-order valence-corrected chi connectivity index (χ0v) is 7.22. The van der Waals surface area contributed by atoms with Crippen molar-refractivity contribution >= 4 is 0 Å². The summed E-state index contributed by atoms with van der Waals surface area (Å²) in [6, 6.07) is 0.183. The van der Waals surface area contributed by atoms with E-state index in [1.54, 1.807) is 0 Å². The van der Waals surface area contributed by atoms with Gasteiger partial charge >= 0.3 is 0 Å². The average molecular weight is 154 g/mol. The first kappa shape index (κ1) is 7.56. The molecule has 2 rings (SSSR count). The van der Waals surface area contributed by atoms with E-state index in [0.717, 1.165) is 11.8 Å². The highest BCUT2D eigenvalue weighted by molar-refractivity contribution is 5.11. The summed E-state index contributed by atoms with van der Waals surface area (Å²) in [6.07, 6.45) is 5.26. The van der Waals surface area contributed by atoms with E-state index < -0.39 is 0 Å². The molecule has 2 fully saturated rings. The smallest absolute Gasteiger partial charge is 0.0362 e. The maximum Gasteiger partial charge on any atom is 0.0362 e. The van der Waals surface area contributed by atoms with Crippen molar-refractivity contribution in [1.29, 1.82) is 0 Å². The van der Waals surface area contributed by atoms with E-state index in [1.165, 1.54) is 25.7 Å². The number of rotatable bonds is 3. The molecule has 0 amide bonds. The van der Waals surface area contributed by atoms with Crippen molar-refractivity contribution in [3.05, 3.63) is 0 Å². The van der Waals surface area contributed by atoms with Gasteiger partial charge < -0.3 is 11.5 Å². The van der Waals surface area contributed by atoms with Crippen LogP contribution in [0.5, 0.6) is 0 Å². The van der Waals surface area contributed by atoms with Crippen LogP contribution in [0.3, 0.4) is 0 Å². The van der Waals surface area contributed by atoms with E-state index in [2.05, 4.69) is 6.92 Å². The molecule has 0 radical (unpaired) electrons. The zero-order chi connectivity index (χ0) is 8.06. The molecular weight excluding hydrogens is 136 g/mol. The van der Waals surface area contributed by atoms with Crippen LogP contribution in [0, 0.1) is 11.8 Å². The molecule has 1 atom stereocenters. The summed E-state index contributed by atoms with van der Waals surface area (Å²) in [5.41, 5.74) is 12.3. The van der Waals surface area contributed by atoms with Crippen LogP contribution < -0.4 is 11.5 Å². The van der Waals surface area contributed by atoms with Crippen molar-refractivity contribution in [2.75, 3.05) is 0 Å². The molecule has 11 heavy (non-hydrogen) atoms. The van der Waals surface area contributed by atoms with Crippen LogP contribution in [-0.2, 0) is 0 Å².